The Hall–Kier alpha value is -1.51. The van der Waals surface area contributed by atoms with Crippen LogP contribution in [0.25, 0.3) is 0 Å². The molecule has 0 aromatic heterocycles. The van der Waals surface area contributed by atoms with Crippen molar-refractivity contribution in [2.45, 2.75) is 40.0 Å². The van der Waals surface area contributed by atoms with Crippen molar-refractivity contribution in [1.82, 2.24) is 0 Å². The summed E-state index contributed by atoms with van der Waals surface area (Å²) in [6.07, 6.45) is 0.794. The molecule has 1 atom stereocenters. The lowest BCUT2D eigenvalue weighted by molar-refractivity contribution is -0.145. The molecule has 0 aliphatic heterocycles. The van der Waals surface area contributed by atoms with Crippen LogP contribution in [0.5, 0.6) is 0 Å². The second kappa shape index (κ2) is 6.43. The van der Waals surface area contributed by atoms with E-state index in [1.165, 1.54) is 0 Å². The van der Waals surface area contributed by atoms with Gasteiger partial charge in [0, 0.05) is 5.69 Å². The summed E-state index contributed by atoms with van der Waals surface area (Å²) in [6.45, 7) is 8.42. The first-order chi connectivity index (χ1) is 8.45. The van der Waals surface area contributed by atoms with Crippen LogP contribution in [0, 0.1) is 12.8 Å². The summed E-state index contributed by atoms with van der Waals surface area (Å²) in [6, 6.07) is 5.77. The summed E-state index contributed by atoms with van der Waals surface area (Å²) in [7, 11) is 0. The highest BCUT2D eigenvalue weighted by atomic mass is 16.5. The van der Waals surface area contributed by atoms with E-state index in [1.54, 1.807) is 0 Å². The van der Waals surface area contributed by atoms with Gasteiger partial charge in [0.1, 0.15) is 0 Å². The highest BCUT2D eigenvalue weighted by Gasteiger charge is 2.23. The van der Waals surface area contributed by atoms with Crippen LogP contribution in [-0.2, 0) is 9.53 Å². The van der Waals surface area contributed by atoms with Gasteiger partial charge in [0.15, 0.2) is 0 Å². The van der Waals surface area contributed by atoms with E-state index in [4.69, 9.17) is 10.5 Å². The van der Waals surface area contributed by atoms with Crippen molar-refractivity contribution in [2.24, 2.45) is 5.92 Å². The number of nitrogen functional groups attached to an aromatic ring is 1. The summed E-state index contributed by atoms with van der Waals surface area (Å²) >= 11 is 0. The lowest BCUT2D eigenvalue weighted by atomic mass is 9.89. The van der Waals surface area contributed by atoms with Crippen molar-refractivity contribution in [3.8, 4) is 0 Å². The summed E-state index contributed by atoms with van der Waals surface area (Å²) in [5.41, 5.74) is 8.56. The molecule has 1 aromatic carbocycles. The average Bonchev–Trinajstić information content (AvgIpc) is 2.30. The van der Waals surface area contributed by atoms with Gasteiger partial charge in [0.2, 0.25) is 0 Å². The number of hydrogen-bond donors (Lipinski definition) is 1. The maximum Gasteiger partial charge on any atom is 0.313 e. The van der Waals surface area contributed by atoms with Crippen LogP contribution in [0.2, 0.25) is 0 Å². The molecule has 100 valence electrons. The van der Waals surface area contributed by atoms with E-state index in [0.717, 1.165) is 23.2 Å². The van der Waals surface area contributed by atoms with Crippen molar-refractivity contribution in [1.29, 1.82) is 0 Å². The Bertz CT molecular complexity index is 413. The number of aryl methyl sites for hydroxylation is 1. The fourth-order valence-electron chi connectivity index (χ4n) is 2.00. The van der Waals surface area contributed by atoms with Crippen molar-refractivity contribution in [3.63, 3.8) is 0 Å². The third-order valence-corrected chi connectivity index (χ3v) is 2.97. The number of nitrogens with two attached hydrogens (primary N) is 1. The first-order valence-corrected chi connectivity index (χ1v) is 6.48. The summed E-state index contributed by atoms with van der Waals surface area (Å²) < 4.78 is 5.16. The molecule has 2 N–H and O–H groups in total. The quantitative estimate of drug-likeness (QED) is 0.643. The van der Waals surface area contributed by atoms with Crippen molar-refractivity contribution < 1.29 is 9.53 Å². The average molecular weight is 249 g/mol. The Labute approximate surface area is 109 Å². The topological polar surface area (TPSA) is 52.3 Å². The molecular weight excluding hydrogens is 226 g/mol. The Morgan fingerprint density at radius 3 is 2.56 bits per heavy atom. The molecule has 0 amide bonds. The molecule has 3 nitrogen and oxygen atoms in total. The fraction of sp³-hybridized carbons (Fsp3) is 0.533. The van der Waals surface area contributed by atoms with Gasteiger partial charge in [-0.05, 0) is 43.4 Å². The van der Waals surface area contributed by atoms with Crippen LogP contribution in [0.3, 0.4) is 0 Å². The minimum Gasteiger partial charge on any atom is -0.466 e. The van der Waals surface area contributed by atoms with E-state index in [2.05, 4.69) is 13.8 Å². The minimum absolute atomic E-state index is 0.143. The predicted octanol–water partition coefficient (Wildman–Crippen LogP) is 3.27. The van der Waals surface area contributed by atoms with Crippen LogP contribution >= 0.6 is 0 Å². The minimum atomic E-state index is -0.191. The lowest BCUT2D eigenvalue weighted by Crippen LogP contribution is -2.18. The molecule has 0 aliphatic rings. The number of rotatable bonds is 5. The van der Waals surface area contributed by atoms with Crippen molar-refractivity contribution in [2.75, 3.05) is 12.3 Å². The second-order valence-electron chi connectivity index (χ2n) is 5.05. The maximum atomic E-state index is 12.0. The van der Waals surface area contributed by atoms with Crippen LogP contribution in [0.1, 0.15) is 44.2 Å². The van der Waals surface area contributed by atoms with E-state index in [0.29, 0.717) is 12.5 Å². The highest BCUT2D eigenvalue weighted by molar-refractivity contribution is 5.78. The first-order valence-electron chi connectivity index (χ1n) is 6.48. The number of esters is 1. The van der Waals surface area contributed by atoms with Crippen LogP contribution < -0.4 is 5.73 Å². The van der Waals surface area contributed by atoms with E-state index in [1.807, 2.05) is 32.0 Å². The van der Waals surface area contributed by atoms with Gasteiger partial charge in [-0.1, -0.05) is 26.0 Å². The molecule has 0 fully saturated rings. The molecule has 18 heavy (non-hydrogen) atoms. The molecule has 0 spiro atoms. The Morgan fingerprint density at radius 2 is 2.06 bits per heavy atom. The van der Waals surface area contributed by atoms with Crippen LogP contribution in [-0.4, -0.2) is 12.6 Å². The lowest BCUT2D eigenvalue weighted by Gasteiger charge is -2.18. The zero-order valence-electron chi connectivity index (χ0n) is 11.7. The van der Waals surface area contributed by atoms with E-state index >= 15 is 0 Å². The normalized spacial score (nSPS) is 12.5. The summed E-state index contributed by atoms with van der Waals surface area (Å²) in [4.78, 5) is 12.0. The molecule has 1 unspecified atom stereocenters. The van der Waals surface area contributed by atoms with Gasteiger partial charge in [-0.25, -0.2) is 0 Å². The molecule has 1 rings (SSSR count). The number of carbonyl (C=O) groups excluding carboxylic acids is 1. The molecule has 1 aromatic rings. The number of ether oxygens (including phenoxy) is 1. The largest absolute Gasteiger partial charge is 0.466 e. The van der Waals surface area contributed by atoms with Gasteiger partial charge in [-0.2, -0.15) is 0 Å². The van der Waals surface area contributed by atoms with Crippen molar-refractivity contribution in [3.05, 3.63) is 29.3 Å². The zero-order valence-corrected chi connectivity index (χ0v) is 11.7. The van der Waals surface area contributed by atoms with Gasteiger partial charge >= 0.3 is 5.97 Å². The van der Waals surface area contributed by atoms with Crippen LogP contribution in [0.4, 0.5) is 5.69 Å². The standard InChI is InChI=1S/C15H23NO2/c1-5-18-15(17)13(8-10(2)3)12-6-7-14(16)11(4)9-12/h6-7,9-10,13H,5,8,16H2,1-4H3. The molecular formula is C15H23NO2. The zero-order chi connectivity index (χ0) is 13.7. The Balaban J connectivity index is 3.00. The SMILES string of the molecule is CCOC(=O)C(CC(C)C)c1ccc(N)c(C)c1. The van der Waals surface area contributed by atoms with E-state index in [-0.39, 0.29) is 11.9 Å². The maximum absolute atomic E-state index is 12.0. The van der Waals surface area contributed by atoms with Gasteiger partial charge in [0.25, 0.3) is 0 Å². The predicted molar refractivity (Wildman–Crippen MR) is 74.4 cm³/mol. The molecule has 0 saturated heterocycles. The monoisotopic (exact) mass is 249 g/mol. The third-order valence-electron chi connectivity index (χ3n) is 2.97. The highest BCUT2D eigenvalue weighted by Crippen LogP contribution is 2.27. The smallest absolute Gasteiger partial charge is 0.313 e. The fourth-order valence-corrected chi connectivity index (χ4v) is 2.00. The van der Waals surface area contributed by atoms with E-state index in [9.17, 15) is 4.79 Å². The van der Waals surface area contributed by atoms with Gasteiger partial charge in [-0.3, -0.25) is 4.79 Å². The first kappa shape index (κ1) is 14.6. The number of anilines is 1. The molecule has 0 bridgehead atoms. The molecule has 0 aliphatic carbocycles. The Kier molecular flexibility index (Phi) is 5.20. The van der Waals surface area contributed by atoms with Gasteiger partial charge in [0.05, 0.1) is 12.5 Å². The molecule has 0 radical (unpaired) electrons. The number of carbonyl (C=O) groups is 1. The number of benzene rings is 1. The molecule has 0 heterocycles. The van der Waals surface area contributed by atoms with Gasteiger partial charge in [-0.15, -0.1) is 0 Å². The molecule has 3 heteroatoms. The van der Waals surface area contributed by atoms with Gasteiger partial charge < -0.3 is 10.5 Å². The second-order valence-corrected chi connectivity index (χ2v) is 5.05. The summed E-state index contributed by atoms with van der Waals surface area (Å²) in [5.74, 6) is 0.108. The number of hydrogen-bond acceptors (Lipinski definition) is 3. The third kappa shape index (κ3) is 3.76. The van der Waals surface area contributed by atoms with Crippen molar-refractivity contribution >= 4 is 11.7 Å². The van der Waals surface area contributed by atoms with Crippen LogP contribution in [0.15, 0.2) is 18.2 Å². The summed E-state index contributed by atoms with van der Waals surface area (Å²) in [5, 5.41) is 0. The molecule has 0 saturated carbocycles. The Morgan fingerprint density at radius 1 is 1.39 bits per heavy atom. The van der Waals surface area contributed by atoms with E-state index < -0.39 is 0 Å².